The largest absolute Gasteiger partial charge is 0.466 e. The van der Waals surface area contributed by atoms with Crippen LogP contribution in [0.5, 0.6) is 0 Å². The van der Waals surface area contributed by atoms with E-state index in [1.54, 1.807) is 12.3 Å². The van der Waals surface area contributed by atoms with Gasteiger partial charge < -0.3 is 14.8 Å². The number of anilines is 1. The number of esters is 2. The third-order valence-corrected chi connectivity index (χ3v) is 3.09. The Labute approximate surface area is 127 Å². The highest BCUT2D eigenvalue weighted by molar-refractivity contribution is 5.99. The fourth-order valence-electron chi connectivity index (χ4n) is 1.95. The van der Waals surface area contributed by atoms with Gasteiger partial charge in [-0.2, -0.15) is 0 Å². The van der Waals surface area contributed by atoms with E-state index in [1.807, 2.05) is 25.1 Å². The van der Waals surface area contributed by atoms with Gasteiger partial charge in [0.1, 0.15) is 5.70 Å². The van der Waals surface area contributed by atoms with Gasteiger partial charge in [-0.3, -0.25) is 4.98 Å². The summed E-state index contributed by atoms with van der Waals surface area (Å²) in [6.45, 7) is 1.89. The number of hydrogen-bond donors (Lipinski definition) is 1. The van der Waals surface area contributed by atoms with Gasteiger partial charge >= 0.3 is 11.9 Å². The Kier molecular flexibility index (Phi) is 4.73. The first-order valence-electron chi connectivity index (χ1n) is 6.55. The number of aromatic nitrogens is 1. The second kappa shape index (κ2) is 6.71. The van der Waals surface area contributed by atoms with Crippen molar-refractivity contribution in [1.29, 1.82) is 0 Å². The molecule has 2 rings (SSSR count). The molecule has 1 N–H and O–H groups in total. The number of pyridine rings is 1. The van der Waals surface area contributed by atoms with E-state index in [9.17, 15) is 9.59 Å². The predicted molar refractivity (Wildman–Crippen MR) is 82.2 cm³/mol. The lowest BCUT2D eigenvalue weighted by Crippen LogP contribution is -2.16. The summed E-state index contributed by atoms with van der Waals surface area (Å²) in [5, 5.41) is 3.89. The average molecular weight is 300 g/mol. The first-order valence-corrected chi connectivity index (χ1v) is 6.55. The Morgan fingerprint density at radius 3 is 2.68 bits per heavy atom. The monoisotopic (exact) mass is 300 g/mol. The zero-order valence-electron chi connectivity index (χ0n) is 12.5. The number of methoxy groups -OCH3 is 2. The summed E-state index contributed by atoms with van der Waals surface area (Å²) in [5.41, 5.74) is 2.33. The van der Waals surface area contributed by atoms with Crippen LogP contribution in [-0.2, 0) is 19.1 Å². The van der Waals surface area contributed by atoms with Crippen molar-refractivity contribution in [2.45, 2.75) is 6.92 Å². The molecule has 0 saturated carbocycles. The normalized spacial score (nSPS) is 11.1. The summed E-state index contributed by atoms with van der Waals surface area (Å²) < 4.78 is 9.20. The van der Waals surface area contributed by atoms with Crippen LogP contribution in [0.4, 0.5) is 5.69 Å². The molecule has 0 saturated heterocycles. The molecule has 0 atom stereocenters. The molecule has 1 heterocycles. The van der Waals surface area contributed by atoms with Gasteiger partial charge in [0.05, 0.1) is 25.8 Å². The summed E-state index contributed by atoms with van der Waals surface area (Å²) in [6, 6.07) is 7.55. The highest BCUT2D eigenvalue weighted by atomic mass is 16.5. The van der Waals surface area contributed by atoms with Gasteiger partial charge in [0, 0.05) is 17.3 Å². The fraction of sp³-hybridized carbons (Fsp3) is 0.188. The minimum Gasteiger partial charge on any atom is -0.466 e. The molecule has 0 aliphatic carbocycles. The molecule has 0 spiro atoms. The van der Waals surface area contributed by atoms with Gasteiger partial charge in [-0.25, -0.2) is 9.59 Å². The molecular weight excluding hydrogens is 284 g/mol. The van der Waals surface area contributed by atoms with Crippen LogP contribution in [0.3, 0.4) is 0 Å². The van der Waals surface area contributed by atoms with Crippen LogP contribution in [0.2, 0.25) is 0 Å². The highest BCUT2D eigenvalue weighted by Gasteiger charge is 2.14. The summed E-state index contributed by atoms with van der Waals surface area (Å²) in [4.78, 5) is 27.4. The minimum atomic E-state index is -0.661. The number of benzene rings is 1. The molecule has 2 aromatic rings. The fourth-order valence-corrected chi connectivity index (χ4v) is 1.95. The van der Waals surface area contributed by atoms with Crippen LogP contribution < -0.4 is 5.32 Å². The minimum absolute atomic E-state index is 0.00673. The van der Waals surface area contributed by atoms with Crippen molar-refractivity contribution in [3.8, 4) is 0 Å². The SMILES string of the molecule is COC(=O)/C=C(/Nc1cc2ncccc2cc1C)C(=O)OC. The van der Waals surface area contributed by atoms with E-state index < -0.39 is 11.9 Å². The van der Waals surface area contributed by atoms with E-state index in [4.69, 9.17) is 0 Å². The number of nitrogens with zero attached hydrogens (tertiary/aromatic N) is 1. The number of hydrogen-bond acceptors (Lipinski definition) is 6. The maximum absolute atomic E-state index is 11.8. The van der Waals surface area contributed by atoms with Gasteiger partial charge in [-0.15, -0.1) is 0 Å². The molecule has 0 aliphatic heterocycles. The quantitative estimate of drug-likeness (QED) is 0.689. The van der Waals surface area contributed by atoms with Gasteiger partial charge in [0.25, 0.3) is 0 Å². The van der Waals surface area contributed by atoms with E-state index in [-0.39, 0.29) is 5.70 Å². The Balaban J connectivity index is 2.41. The zero-order chi connectivity index (χ0) is 16.1. The molecule has 1 aromatic heterocycles. The summed E-state index contributed by atoms with van der Waals surface area (Å²) in [5.74, 6) is -1.31. The Morgan fingerprint density at radius 1 is 1.23 bits per heavy atom. The van der Waals surface area contributed by atoms with Gasteiger partial charge in [-0.05, 0) is 30.7 Å². The average Bonchev–Trinajstić information content (AvgIpc) is 2.53. The van der Waals surface area contributed by atoms with Crippen LogP contribution in [0.1, 0.15) is 5.56 Å². The van der Waals surface area contributed by atoms with E-state index in [0.29, 0.717) is 5.69 Å². The van der Waals surface area contributed by atoms with E-state index in [1.165, 1.54) is 14.2 Å². The Hall–Kier alpha value is -2.89. The van der Waals surface area contributed by atoms with Crippen molar-refractivity contribution in [2.75, 3.05) is 19.5 Å². The second-order valence-electron chi connectivity index (χ2n) is 4.56. The summed E-state index contributed by atoms with van der Waals surface area (Å²) in [6.07, 6.45) is 2.74. The van der Waals surface area contributed by atoms with Crippen LogP contribution >= 0.6 is 0 Å². The Morgan fingerprint density at radius 2 is 2.00 bits per heavy atom. The molecule has 114 valence electrons. The summed E-state index contributed by atoms with van der Waals surface area (Å²) in [7, 11) is 2.48. The third kappa shape index (κ3) is 3.41. The Bertz CT molecular complexity index is 753. The number of ether oxygens (including phenoxy) is 2. The zero-order valence-corrected chi connectivity index (χ0v) is 12.5. The van der Waals surface area contributed by atoms with Crippen LogP contribution in [0, 0.1) is 6.92 Å². The van der Waals surface area contributed by atoms with E-state index in [2.05, 4.69) is 19.8 Å². The van der Waals surface area contributed by atoms with E-state index >= 15 is 0 Å². The van der Waals surface area contributed by atoms with Gasteiger partial charge in [0.2, 0.25) is 0 Å². The van der Waals surface area contributed by atoms with Crippen LogP contribution in [-0.4, -0.2) is 31.1 Å². The third-order valence-electron chi connectivity index (χ3n) is 3.09. The lowest BCUT2D eigenvalue weighted by atomic mass is 10.1. The first kappa shape index (κ1) is 15.5. The smallest absolute Gasteiger partial charge is 0.354 e. The van der Waals surface area contributed by atoms with Gasteiger partial charge in [-0.1, -0.05) is 6.07 Å². The molecule has 22 heavy (non-hydrogen) atoms. The maximum Gasteiger partial charge on any atom is 0.354 e. The molecule has 0 amide bonds. The topological polar surface area (TPSA) is 77.5 Å². The second-order valence-corrected chi connectivity index (χ2v) is 4.56. The number of rotatable bonds is 4. The first-order chi connectivity index (χ1) is 10.5. The van der Waals surface area contributed by atoms with Crippen molar-refractivity contribution >= 4 is 28.5 Å². The number of aryl methyl sites for hydroxylation is 1. The molecule has 1 aromatic carbocycles. The molecule has 0 unspecified atom stereocenters. The highest BCUT2D eigenvalue weighted by Crippen LogP contribution is 2.23. The van der Waals surface area contributed by atoms with Crippen molar-refractivity contribution in [1.82, 2.24) is 4.98 Å². The van der Waals surface area contributed by atoms with Crippen molar-refractivity contribution < 1.29 is 19.1 Å². The molecule has 6 heteroatoms. The standard InChI is InChI=1S/C16H16N2O4/c1-10-7-11-5-4-6-17-13(11)8-12(10)18-14(16(20)22-3)9-15(19)21-2/h4-9,18H,1-3H3/b14-9+. The predicted octanol–water partition coefficient (Wildman–Crippen LogP) is 2.19. The van der Waals surface area contributed by atoms with Crippen LogP contribution in [0.15, 0.2) is 42.2 Å². The van der Waals surface area contributed by atoms with E-state index in [0.717, 1.165) is 22.5 Å². The summed E-state index contributed by atoms with van der Waals surface area (Å²) >= 11 is 0. The molecule has 0 aliphatic rings. The van der Waals surface area contributed by atoms with Crippen molar-refractivity contribution in [3.63, 3.8) is 0 Å². The lowest BCUT2D eigenvalue weighted by molar-refractivity contribution is -0.138. The molecular formula is C16H16N2O4. The van der Waals surface area contributed by atoms with Crippen LogP contribution in [0.25, 0.3) is 10.9 Å². The van der Waals surface area contributed by atoms with Crippen molar-refractivity contribution in [2.24, 2.45) is 0 Å². The lowest BCUT2D eigenvalue weighted by Gasteiger charge is -2.12. The number of fused-ring (bicyclic) bond motifs is 1. The molecule has 0 fully saturated rings. The number of carbonyl (C=O) groups is 2. The molecule has 0 bridgehead atoms. The number of carbonyl (C=O) groups excluding carboxylic acids is 2. The molecule has 0 radical (unpaired) electrons. The van der Waals surface area contributed by atoms with Crippen molar-refractivity contribution in [3.05, 3.63) is 47.8 Å². The number of nitrogens with one attached hydrogen (secondary N) is 1. The van der Waals surface area contributed by atoms with Gasteiger partial charge in [0.15, 0.2) is 0 Å². The maximum atomic E-state index is 11.8. The molecule has 6 nitrogen and oxygen atoms in total.